The van der Waals surface area contributed by atoms with Crippen LogP contribution in [0.1, 0.15) is 20.8 Å². The smallest absolute Gasteiger partial charge is 0.192 e. The number of hydrogen-bond donors (Lipinski definition) is 1. The topological polar surface area (TPSA) is 29.5 Å². The average molecular weight is 220 g/mol. The van der Waals surface area contributed by atoms with Gasteiger partial charge < -0.3 is 9.53 Å². The first-order valence-electron chi connectivity index (χ1n) is 4.80. The van der Waals surface area contributed by atoms with Crippen LogP contribution in [0.25, 0.3) is 0 Å². The highest BCUT2D eigenvalue weighted by Gasteiger charge is 2.36. The molecule has 0 rings (SSSR count). The zero-order valence-electron chi connectivity index (χ0n) is 9.72. The van der Waals surface area contributed by atoms with Gasteiger partial charge in [0.1, 0.15) is 5.83 Å². The molecule has 0 saturated carbocycles. The molecular formula is C10H21FO2Si. The second-order valence-corrected chi connectivity index (χ2v) is 9.69. The van der Waals surface area contributed by atoms with E-state index in [1.54, 1.807) is 0 Å². The molecule has 0 heterocycles. The maximum Gasteiger partial charge on any atom is 0.192 e. The third-order valence-corrected chi connectivity index (χ3v) is 7.21. The van der Waals surface area contributed by atoms with Crippen LogP contribution in [0.4, 0.5) is 4.39 Å². The van der Waals surface area contributed by atoms with Gasteiger partial charge in [0, 0.05) is 0 Å². The lowest BCUT2D eigenvalue weighted by Gasteiger charge is -2.35. The predicted molar refractivity (Wildman–Crippen MR) is 59.4 cm³/mol. The molecule has 0 aromatic heterocycles. The van der Waals surface area contributed by atoms with Crippen LogP contribution >= 0.6 is 0 Å². The van der Waals surface area contributed by atoms with Gasteiger partial charge in [0.2, 0.25) is 0 Å². The standard InChI is InChI=1S/C10H21FO2Si/c1-10(2,3)14(4,5)13-7-6-9(11)8-12/h6,12H,7-8H2,1-5H3. The maximum atomic E-state index is 12.6. The fraction of sp³-hybridized carbons (Fsp3) is 0.800. The van der Waals surface area contributed by atoms with E-state index in [-0.39, 0.29) is 11.6 Å². The molecule has 0 atom stereocenters. The number of halogens is 1. The Morgan fingerprint density at radius 2 is 1.93 bits per heavy atom. The highest BCUT2D eigenvalue weighted by Crippen LogP contribution is 2.36. The zero-order valence-corrected chi connectivity index (χ0v) is 10.7. The third-order valence-electron chi connectivity index (χ3n) is 2.71. The van der Waals surface area contributed by atoms with E-state index in [0.717, 1.165) is 0 Å². The molecule has 0 aliphatic heterocycles. The third kappa shape index (κ3) is 4.35. The molecule has 0 aromatic carbocycles. The fourth-order valence-corrected chi connectivity index (χ4v) is 1.55. The van der Waals surface area contributed by atoms with Crippen molar-refractivity contribution < 1.29 is 13.9 Å². The van der Waals surface area contributed by atoms with Crippen LogP contribution in [-0.2, 0) is 4.43 Å². The lowest BCUT2D eigenvalue weighted by atomic mass is 10.2. The van der Waals surface area contributed by atoms with Crippen molar-refractivity contribution in [2.24, 2.45) is 0 Å². The van der Waals surface area contributed by atoms with E-state index < -0.39 is 20.8 Å². The number of rotatable bonds is 4. The molecule has 0 aliphatic carbocycles. The van der Waals surface area contributed by atoms with E-state index >= 15 is 0 Å². The van der Waals surface area contributed by atoms with Crippen molar-refractivity contribution in [1.82, 2.24) is 0 Å². The van der Waals surface area contributed by atoms with Gasteiger partial charge in [0.15, 0.2) is 8.32 Å². The molecule has 2 nitrogen and oxygen atoms in total. The Hall–Kier alpha value is -0.193. The van der Waals surface area contributed by atoms with Gasteiger partial charge in [0.05, 0.1) is 13.2 Å². The van der Waals surface area contributed by atoms with Crippen molar-refractivity contribution in [3.63, 3.8) is 0 Å². The SMILES string of the molecule is CC(C)(C)[Si](C)(C)OCC=C(F)CO. The van der Waals surface area contributed by atoms with Gasteiger partial charge >= 0.3 is 0 Å². The minimum absolute atomic E-state index is 0.135. The summed E-state index contributed by atoms with van der Waals surface area (Å²) in [4.78, 5) is 0. The normalized spacial score (nSPS) is 14.6. The maximum absolute atomic E-state index is 12.6. The summed E-state index contributed by atoms with van der Waals surface area (Å²) < 4.78 is 18.2. The Balaban J connectivity index is 4.14. The molecule has 0 unspecified atom stereocenters. The van der Waals surface area contributed by atoms with Crippen LogP contribution in [0.5, 0.6) is 0 Å². The highest BCUT2D eigenvalue weighted by molar-refractivity contribution is 6.74. The van der Waals surface area contributed by atoms with Crippen LogP contribution in [0.2, 0.25) is 18.1 Å². The molecule has 0 spiro atoms. The number of aliphatic hydroxyl groups is 1. The lowest BCUT2D eigenvalue weighted by molar-refractivity contribution is 0.288. The van der Waals surface area contributed by atoms with E-state index in [1.165, 1.54) is 6.08 Å². The Morgan fingerprint density at radius 3 is 2.29 bits per heavy atom. The average Bonchev–Trinajstić information content (AvgIpc) is 2.01. The number of hydrogen-bond acceptors (Lipinski definition) is 2. The van der Waals surface area contributed by atoms with Gasteiger partial charge in [-0.2, -0.15) is 0 Å². The lowest BCUT2D eigenvalue weighted by Crippen LogP contribution is -2.40. The van der Waals surface area contributed by atoms with Gasteiger partial charge in [0.25, 0.3) is 0 Å². The molecule has 14 heavy (non-hydrogen) atoms. The fourth-order valence-electron chi connectivity index (χ4n) is 0.621. The molecule has 0 aliphatic rings. The summed E-state index contributed by atoms with van der Waals surface area (Å²) in [6.07, 6.45) is 1.29. The van der Waals surface area contributed by atoms with Gasteiger partial charge in [-0.15, -0.1) is 0 Å². The molecule has 1 N–H and O–H groups in total. The van der Waals surface area contributed by atoms with Crippen LogP contribution in [-0.4, -0.2) is 26.6 Å². The van der Waals surface area contributed by atoms with Crippen molar-refractivity contribution in [3.8, 4) is 0 Å². The zero-order chi connectivity index (χ0) is 11.4. The minimum Gasteiger partial charge on any atom is -0.413 e. The summed E-state index contributed by atoms with van der Waals surface area (Å²) in [5.74, 6) is -0.524. The van der Waals surface area contributed by atoms with E-state index in [4.69, 9.17) is 9.53 Å². The summed E-state index contributed by atoms with van der Waals surface area (Å²) >= 11 is 0. The summed E-state index contributed by atoms with van der Waals surface area (Å²) in [5, 5.41) is 8.57. The van der Waals surface area contributed by atoms with Crippen molar-refractivity contribution in [2.45, 2.75) is 38.9 Å². The Labute approximate surface area is 86.9 Å². The molecule has 0 bridgehead atoms. The first-order valence-corrected chi connectivity index (χ1v) is 7.71. The molecule has 84 valence electrons. The van der Waals surface area contributed by atoms with Crippen molar-refractivity contribution in [1.29, 1.82) is 0 Å². The second kappa shape index (κ2) is 5.05. The quantitative estimate of drug-likeness (QED) is 0.738. The molecule has 4 heteroatoms. The second-order valence-electron chi connectivity index (χ2n) is 4.88. The first kappa shape index (κ1) is 13.8. The predicted octanol–water partition coefficient (Wildman–Crippen LogP) is 2.85. The molecule has 0 radical (unpaired) electrons. The minimum atomic E-state index is -1.78. The van der Waals surface area contributed by atoms with Crippen molar-refractivity contribution in [3.05, 3.63) is 11.9 Å². The van der Waals surface area contributed by atoms with Crippen molar-refractivity contribution >= 4 is 8.32 Å². The van der Waals surface area contributed by atoms with Crippen LogP contribution in [0, 0.1) is 0 Å². The molecule has 0 fully saturated rings. The van der Waals surface area contributed by atoms with Gasteiger partial charge in [-0.05, 0) is 24.2 Å². The summed E-state index contributed by atoms with van der Waals surface area (Å²) in [6.45, 7) is 10.3. The summed E-state index contributed by atoms with van der Waals surface area (Å²) in [6, 6.07) is 0. The van der Waals surface area contributed by atoms with Crippen molar-refractivity contribution in [2.75, 3.05) is 13.2 Å². The van der Waals surface area contributed by atoms with E-state index in [0.29, 0.717) is 0 Å². The largest absolute Gasteiger partial charge is 0.413 e. The summed E-state index contributed by atoms with van der Waals surface area (Å²) in [7, 11) is -1.78. The van der Waals surface area contributed by atoms with E-state index in [9.17, 15) is 4.39 Å². The van der Waals surface area contributed by atoms with Crippen LogP contribution in [0.15, 0.2) is 11.9 Å². The first-order chi connectivity index (χ1) is 6.20. The van der Waals surface area contributed by atoms with E-state index in [2.05, 4.69) is 33.9 Å². The van der Waals surface area contributed by atoms with Gasteiger partial charge in [-0.25, -0.2) is 4.39 Å². The molecule has 0 amide bonds. The monoisotopic (exact) mass is 220 g/mol. The summed E-state index contributed by atoms with van der Waals surface area (Å²) in [5.41, 5.74) is 0. The Morgan fingerprint density at radius 1 is 1.43 bits per heavy atom. The van der Waals surface area contributed by atoms with Gasteiger partial charge in [-0.3, -0.25) is 0 Å². The highest BCUT2D eigenvalue weighted by atomic mass is 28.4. The van der Waals surface area contributed by atoms with Gasteiger partial charge in [-0.1, -0.05) is 20.8 Å². The Bertz CT molecular complexity index is 207. The molecule has 0 saturated heterocycles. The van der Waals surface area contributed by atoms with Crippen LogP contribution in [0.3, 0.4) is 0 Å². The van der Waals surface area contributed by atoms with Crippen LogP contribution < -0.4 is 0 Å². The van der Waals surface area contributed by atoms with E-state index in [1.807, 2.05) is 0 Å². The number of aliphatic hydroxyl groups excluding tert-OH is 1. The molecular weight excluding hydrogens is 199 g/mol. The molecule has 0 aromatic rings. The Kier molecular flexibility index (Phi) is 4.98.